The van der Waals surface area contributed by atoms with Crippen molar-refractivity contribution in [2.75, 3.05) is 18.4 Å². The summed E-state index contributed by atoms with van der Waals surface area (Å²) >= 11 is 1.12. The molecule has 2 amide bonds. The van der Waals surface area contributed by atoms with E-state index in [1.807, 2.05) is 13.8 Å². The SMILES string of the molecule is CCN(CC)C(=O)Nc1c(C)csc1C(=O)O. The lowest BCUT2D eigenvalue weighted by atomic mass is 10.2. The van der Waals surface area contributed by atoms with Gasteiger partial charge in [-0.15, -0.1) is 11.3 Å². The van der Waals surface area contributed by atoms with Crippen molar-refractivity contribution in [3.05, 3.63) is 15.8 Å². The standard InChI is InChI=1S/C11H16N2O3S/c1-4-13(5-2)11(16)12-8-7(3)6-17-9(8)10(14)15/h6H,4-5H2,1-3H3,(H,12,16)(H,14,15). The molecule has 1 aromatic rings. The molecule has 5 nitrogen and oxygen atoms in total. The van der Waals surface area contributed by atoms with Crippen molar-refractivity contribution >= 4 is 29.0 Å². The number of carboxylic acid groups (broad SMARTS) is 1. The maximum atomic E-state index is 11.8. The summed E-state index contributed by atoms with van der Waals surface area (Å²) < 4.78 is 0. The number of rotatable bonds is 4. The van der Waals surface area contributed by atoms with Gasteiger partial charge < -0.3 is 15.3 Å². The van der Waals surface area contributed by atoms with Crippen LogP contribution in [0.2, 0.25) is 0 Å². The number of amides is 2. The Hall–Kier alpha value is -1.56. The number of thiophene rings is 1. The zero-order valence-corrected chi connectivity index (χ0v) is 10.9. The van der Waals surface area contributed by atoms with E-state index in [9.17, 15) is 9.59 Å². The molecule has 0 atom stereocenters. The molecule has 0 unspecified atom stereocenters. The van der Waals surface area contributed by atoms with Crippen molar-refractivity contribution in [1.29, 1.82) is 0 Å². The predicted molar refractivity (Wildman–Crippen MR) is 68.0 cm³/mol. The van der Waals surface area contributed by atoms with Gasteiger partial charge in [0, 0.05) is 13.1 Å². The number of hydrogen-bond donors (Lipinski definition) is 2. The summed E-state index contributed by atoms with van der Waals surface area (Å²) in [5.41, 5.74) is 1.17. The van der Waals surface area contributed by atoms with Crippen molar-refractivity contribution in [1.82, 2.24) is 4.90 Å². The average molecular weight is 256 g/mol. The number of nitrogens with one attached hydrogen (secondary N) is 1. The first-order valence-electron chi connectivity index (χ1n) is 5.38. The Balaban J connectivity index is 2.91. The van der Waals surface area contributed by atoms with Crippen LogP contribution in [0.15, 0.2) is 5.38 Å². The summed E-state index contributed by atoms with van der Waals surface area (Å²) in [6.07, 6.45) is 0. The third-order valence-electron chi connectivity index (χ3n) is 2.45. The number of aromatic carboxylic acids is 1. The highest BCUT2D eigenvalue weighted by molar-refractivity contribution is 7.12. The Morgan fingerprint density at radius 2 is 2.00 bits per heavy atom. The van der Waals surface area contributed by atoms with E-state index in [1.54, 1.807) is 17.2 Å². The molecule has 94 valence electrons. The summed E-state index contributed by atoms with van der Waals surface area (Å²) in [6, 6.07) is -0.265. The van der Waals surface area contributed by atoms with E-state index < -0.39 is 5.97 Å². The Morgan fingerprint density at radius 3 is 2.47 bits per heavy atom. The summed E-state index contributed by atoms with van der Waals surface area (Å²) in [4.78, 5) is 24.6. The molecule has 0 aliphatic heterocycles. The molecule has 0 fully saturated rings. The van der Waals surface area contributed by atoms with Gasteiger partial charge in [0.25, 0.3) is 0 Å². The highest BCUT2D eigenvalue weighted by Gasteiger charge is 2.18. The van der Waals surface area contributed by atoms with Gasteiger partial charge in [-0.2, -0.15) is 0 Å². The van der Waals surface area contributed by atoms with Gasteiger partial charge in [-0.25, -0.2) is 9.59 Å². The molecule has 0 aliphatic carbocycles. The fourth-order valence-corrected chi connectivity index (χ4v) is 2.30. The molecule has 0 saturated carbocycles. The van der Waals surface area contributed by atoms with Crippen LogP contribution in [0.3, 0.4) is 0 Å². The predicted octanol–water partition coefficient (Wildman–Crippen LogP) is 2.63. The average Bonchev–Trinajstić information content (AvgIpc) is 2.62. The van der Waals surface area contributed by atoms with Crippen molar-refractivity contribution < 1.29 is 14.7 Å². The van der Waals surface area contributed by atoms with Gasteiger partial charge in [0.2, 0.25) is 0 Å². The van der Waals surface area contributed by atoms with Gasteiger partial charge >= 0.3 is 12.0 Å². The second kappa shape index (κ2) is 5.67. The van der Waals surface area contributed by atoms with Gasteiger partial charge in [0.15, 0.2) is 0 Å². The number of anilines is 1. The van der Waals surface area contributed by atoms with Crippen LogP contribution < -0.4 is 5.32 Å². The van der Waals surface area contributed by atoms with Gasteiger partial charge in [0.1, 0.15) is 4.88 Å². The number of carbonyl (C=O) groups excluding carboxylic acids is 1. The molecule has 6 heteroatoms. The van der Waals surface area contributed by atoms with E-state index in [1.165, 1.54) is 0 Å². The number of aryl methyl sites for hydroxylation is 1. The lowest BCUT2D eigenvalue weighted by molar-refractivity contribution is 0.0703. The third kappa shape index (κ3) is 2.97. The maximum Gasteiger partial charge on any atom is 0.348 e. The van der Waals surface area contributed by atoms with Crippen LogP contribution in [0.1, 0.15) is 29.1 Å². The molecule has 0 spiro atoms. The number of hydrogen-bond acceptors (Lipinski definition) is 3. The van der Waals surface area contributed by atoms with Crippen molar-refractivity contribution in [2.24, 2.45) is 0 Å². The molecule has 17 heavy (non-hydrogen) atoms. The molecular formula is C11H16N2O3S. The van der Waals surface area contributed by atoms with Crippen LogP contribution in [-0.4, -0.2) is 35.1 Å². The summed E-state index contributed by atoms with van der Waals surface area (Å²) in [7, 11) is 0. The Kier molecular flexibility index (Phi) is 4.51. The fraction of sp³-hybridized carbons (Fsp3) is 0.455. The number of nitrogens with zero attached hydrogens (tertiary/aromatic N) is 1. The largest absolute Gasteiger partial charge is 0.477 e. The van der Waals surface area contributed by atoms with Gasteiger partial charge in [-0.3, -0.25) is 0 Å². The minimum atomic E-state index is -1.02. The summed E-state index contributed by atoms with van der Waals surface area (Å²) in [6.45, 7) is 6.71. The van der Waals surface area contributed by atoms with E-state index in [0.717, 1.165) is 16.9 Å². The molecular weight excluding hydrogens is 240 g/mol. The second-order valence-electron chi connectivity index (χ2n) is 3.53. The first-order valence-corrected chi connectivity index (χ1v) is 6.26. The van der Waals surface area contributed by atoms with Crippen LogP contribution in [0.4, 0.5) is 10.5 Å². The minimum absolute atomic E-state index is 0.169. The Morgan fingerprint density at radius 1 is 1.41 bits per heavy atom. The van der Waals surface area contributed by atoms with Crippen molar-refractivity contribution in [3.63, 3.8) is 0 Å². The van der Waals surface area contributed by atoms with Gasteiger partial charge in [0.05, 0.1) is 5.69 Å². The molecule has 0 saturated heterocycles. The highest BCUT2D eigenvalue weighted by Crippen LogP contribution is 2.27. The van der Waals surface area contributed by atoms with Crippen molar-refractivity contribution in [3.8, 4) is 0 Å². The quantitative estimate of drug-likeness (QED) is 0.870. The molecule has 0 aliphatic rings. The van der Waals surface area contributed by atoms with Crippen LogP contribution in [0.25, 0.3) is 0 Å². The number of urea groups is 1. The Labute approximate surface area is 104 Å². The zero-order valence-electron chi connectivity index (χ0n) is 10.1. The summed E-state index contributed by atoms with van der Waals surface area (Å²) in [5, 5.41) is 13.4. The molecule has 0 radical (unpaired) electrons. The first-order chi connectivity index (χ1) is 8.01. The van der Waals surface area contributed by atoms with E-state index in [-0.39, 0.29) is 10.9 Å². The van der Waals surface area contributed by atoms with E-state index >= 15 is 0 Å². The normalized spacial score (nSPS) is 10.1. The lowest BCUT2D eigenvalue weighted by Crippen LogP contribution is -2.34. The Bertz CT molecular complexity index is 424. The highest BCUT2D eigenvalue weighted by atomic mass is 32.1. The zero-order chi connectivity index (χ0) is 13.0. The van der Waals surface area contributed by atoms with E-state index in [2.05, 4.69) is 5.32 Å². The smallest absolute Gasteiger partial charge is 0.348 e. The fourth-order valence-electron chi connectivity index (χ4n) is 1.45. The van der Waals surface area contributed by atoms with Crippen LogP contribution in [0, 0.1) is 6.92 Å². The molecule has 0 bridgehead atoms. The lowest BCUT2D eigenvalue weighted by Gasteiger charge is -2.19. The third-order valence-corrected chi connectivity index (χ3v) is 3.54. The van der Waals surface area contributed by atoms with Crippen molar-refractivity contribution in [2.45, 2.75) is 20.8 Å². The second-order valence-corrected chi connectivity index (χ2v) is 4.41. The van der Waals surface area contributed by atoms with Gasteiger partial charge in [-0.1, -0.05) is 0 Å². The number of carbonyl (C=O) groups is 2. The maximum absolute atomic E-state index is 11.8. The molecule has 0 aromatic carbocycles. The topological polar surface area (TPSA) is 69.6 Å². The van der Waals surface area contributed by atoms with Crippen LogP contribution in [0.5, 0.6) is 0 Å². The summed E-state index contributed by atoms with van der Waals surface area (Å²) in [5.74, 6) is -1.02. The minimum Gasteiger partial charge on any atom is -0.477 e. The number of carboxylic acids is 1. The van der Waals surface area contributed by atoms with E-state index in [0.29, 0.717) is 18.8 Å². The molecule has 1 rings (SSSR count). The molecule has 1 heterocycles. The molecule has 2 N–H and O–H groups in total. The van der Waals surface area contributed by atoms with E-state index in [4.69, 9.17) is 5.11 Å². The van der Waals surface area contributed by atoms with Gasteiger partial charge in [-0.05, 0) is 31.7 Å². The van der Waals surface area contributed by atoms with Crippen LogP contribution in [-0.2, 0) is 0 Å². The monoisotopic (exact) mass is 256 g/mol. The first kappa shape index (κ1) is 13.5. The van der Waals surface area contributed by atoms with Crippen LogP contribution >= 0.6 is 11.3 Å². The molecule has 1 aromatic heterocycles.